The second-order valence-electron chi connectivity index (χ2n) is 3.68. The van der Waals surface area contributed by atoms with E-state index in [-0.39, 0.29) is 20.8 Å². The Hall–Kier alpha value is -0.890. The Morgan fingerprint density at radius 3 is 2.55 bits per heavy atom. The highest BCUT2D eigenvalue weighted by Gasteiger charge is 2.19. The minimum absolute atomic E-state index is 0.196. The number of benzene rings is 1. The number of halogens is 4. The zero-order valence-corrected chi connectivity index (χ0v) is 13.5. The van der Waals surface area contributed by atoms with E-state index >= 15 is 0 Å². The summed E-state index contributed by atoms with van der Waals surface area (Å²) < 4.78 is 39.9. The number of sulfonamides is 1. The molecule has 0 spiro atoms. The van der Waals surface area contributed by atoms with Gasteiger partial charge in [0.1, 0.15) is 15.9 Å². The van der Waals surface area contributed by atoms with Gasteiger partial charge in [-0.3, -0.25) is 4.72 Å². The van der Waals surface area contributed by atoms with Crippen molar-refractivity contribution in [1.29, 1.82) is 0 Å². The Kier molecular flexibility index (Phi) is 4.53. The molecule has 0 aliphatic rings. The van der Waals surface area contributed by atoms with Crippen LogP contribution in [0.15, 0.2) is 39.8 Å². The number of hydrogen-bond donors (Lipinski definition) is 1. The number of pyridine rings is 1. The van der Waals surface area contributed by atoms with E-state index < -0.39 is 15.8 Å². The largest absolute Gasteiger partial charge is 0.278 e. The topological polar surface area (TPSA) is 59.1 Å². The lowest BCUT2D eigenvalue weighted by Crippen LogP contribution is -2.13. The van der Waals surface area contributed by atoms with Crippen LogP contribution in [-0.4, -0.2) is 13.4 Å². The van der Waals surface area contributed by atoms with Crippen molar-refractivity contribution in [1.82, 2.24) is 4.98 Å². The Morgan fingerprint density at radius 2 is 1.95 bits per heavy atom. The van der Waals surface area contributed by atoms with Gasteiger partial charge in [0.2, 0.25) is 0 Å². The molecule has 9 heteroatoms. The molecule has 1 aromatic heterocycles. The van der Waals surface area contributed by atoms with E-state index in [1.165, 1.54) is 12.3 Å². The summed E-state index contributed by atoms with van der Waals surface area (Å²) in [6, 6.07) is 4.46. The first kappa shape index (κ1) is 15.5. The Balaban J connectivity index is 2.38. The molecule has 0 unspecified atom stereocenters. The molecule has 0 saturated carbocycles. The molecule has 1 heterocycles. The normalized spacial score (nSPS) is 11.4. The lowest BCUT2D eigenvalue weighted by Gasteiger charge is -2.09. The SMILES string of the molecule is O=S(=O)(Nc1cnc(Cl)c(Br)c1)c1ccc(F)cc1Cl. The van der Waals surface area contributed by atoms with Crippen molar-refractivity contribution in [2.24, 2.45) is 0 Å². The third kappa shape index (κ3) is 3.41. The highest BCUT2D eigenvalue weighted by Crippen LogP contribution is 2.27. The van der Waals surface area contributed by atoms with Gasteiger partial charge in [0.15, 0.2) is 0 Å². The summed E-state index contributed by atoms with van der Waals surface area (Å²) in [5, 5.41) is -0.00810. The molecule has 20 heavy (non-hydrogen) atoms. The quantitative estimate of drug-likeness (QED) is 0.790. The molecule has 1 aromatic carbocycles. The smallest absolute Gasteiger partial charge is 0.263 e. The molecule has 2 rings (SSSR count). The van der Waals surface area contributed by atoms with Crippen molar-refractivity contribution in [3.63, 3.8) is 0 Å². The van der Waals surface area contributed by atoms with Gasteiger partial charge in [-0.05, 0) is 40.2 Å². The molecule has 0 aliphatic carbocycles. The van der Waals surface area contributed by atoms with Gasteiger partial charge < -0.3 is 0 Å². The van der Waals surface area contributed by atoms with Crippen molar-refractivity contribution in [2.75, 3.05) is 4.72 Å². The fourth-order valence-electron chi connectivity index (χ4n) is 1.38. The lowest BCUT2D eigenvalue weighted by molar-refractivity contribution is 0.599. The first-order valence-electron chi connectivity index (χ1n) is 5.08. The molecule has 0 radical (unpaired) electrons. The summed E-state index contributed by atoms with van der Waals surface area (Å²) >= 11 is 14.6. The second-order valence-corrected chi connectivity index (χ2v) is 6.95. The van der Waals surface area contributed by atoms with Crippen LogP contribution in [0, 0.1) is 5.82 Å². The molecular formula is C11H6BrCl2FN2O2S. The first-order chi connectivity index (χ1) is 9.29. The highest BCUT2D eigenvalue weighted by atomic mass is 79.9. The molecule has 0 fully saturated rings. The average Bonchev–Trinajstić information content (AvgIpc) is 2.33. The van der Waals surface area contributed by atoms with Crippen LogP contribution >= 0.6 is 39.1 Å². The van der Waals surface area contributed by atoms with E-state index in [1.54, 1.807) is 0 Å². The summed E-state index contributed by atoms with van der Waals surface area (Å²) in [4.78, 5) is 3.56. The van der Waals surface area contributed by atoms with Gasteiger partial charge in [0, 0.05) is 0 Å². The monoisotopic (exact) mass is 398 g/mol. The van der Waals surface area contributed by atoms with Crippen molar-refractivity contribution in [2.45, 2.75) is 4.90 Å². The molecule has 0 atom stereocenters. The molecular weight excluding hydrogens is 394 g/mol. The maximum absolute atomic E-state index is 12.9. The van der Waals surface area contributed by atoms with Crippen molar-refractivity contribution < 1.29 is 12.8 Å². The molecule has 0 saturated heterocycles. The van der Waals surface area contributed by atoms with E-state index in [9.17, 15) is 12.8 Å². The maximum atomic E-state index is 12.9. The van der Waals surface area contributed by atoms with Crippen molar-refractivity contribution in [3.05, 3.63) is 50.9 Å². The number of nitrogens with zero attached hydrogens (tertiary/aromatic N) is 1. The minimum Gasteiger partial charge on any atom is -0.278 e. The number of hydrogen-bond acceptors (Lipinski definition) is 3. The summed E-state index contributed by atoms with van der Waals surface area (Å²) in [5.41, 5.74) is 0.196. The lowest BCUT2D eigenvalue weighted by atomic mass is 10.3. The van der Waals surface area contributed by atoms with Gasteiger partial charge in [-0.25, -0.2) is 17.8 Å². The molecule has 0 amide bonds. The number of rotatable bonds is 3. The van der Waals surface area contributed by atoms with Gasteiger partial charge in [0.25, 0.3) is 10.0 Å². The summed E-state index contributed by atoms with van der Waals surface area (Å²) in [6.45, 7) is 0. The van der Waals surface area contributed by atoms with Crippen LogP contribution in [0.5, 0.6) is 0 Å². The molecule has 106 valence electrons. The van der Waals surface area contributed by atoms with E-state index in [1.807, 2.05) is 0 Å². The molecule has 0 bridgehead atoms. The average molecular weight is 400 g/mol. The Morgan fingerprint density at radius 1 is 1.25 bits per heavy atom. The van der Waals surface area contributed by atoms with Crippen molar-refractivity contribution in [3.8, 4) is 0 Å². The summed E-state index contributed by atoms with van der Waals surface area (Å²) in [6.07, 6.45) is 1.25. The van der Waals surface area contributed by atoms with Crippen LogP contribution < -0.4 is 4.72 Å². The maximum Gasteiger partial charge on any atom is 0.263 e. The minimum atomic E-state index is -3.94. The Bertz CT molecular complexity index is 771. The van der Waals surface area contributed by atoms with E-state index in [0.29, 0.717) is 4.47 Å². The molecule has 4 nitrogen and oxygen atoms in total. The van der Waals surface area contributed by atoms with E-state index in [0.717, 1.165) is 18.2 Å². The Labute approximate surface area is 133 Å². The van der Waals surface area contributed by atoms with Crippen LogP contribution in [-0.2, 0) is 10.0 Å². The van der Waals surface area contributed by atoms with Gasteiger partial charge >= 0.3 is 0 Å². The highest BCUT2D eigenvalue weighted by molar-refractivity contribution is 9.10. The zero-order chi connectivity index (χ0) is 14.9. The summed E-state index contributed by atoms with van der Waals surface area (Å²) in [5.74, 6) is -0.621. The van der Waals surface area contributed by atoms with Crippen LogP contribution in [0.1, 0.15) is 0 Å². The van der Waals surface area contributed by atoms with Crippen LogP contribution in [0.25, 0.3) is 0 Å². The van der Waals surface area contributed by atoms with Crippen LogP contribution in [0.3, 0.4) is 0 Å². The third-order valence-corrected chi connectivity index (χ3v) is 5.23. The van der Waals surface area contributed by atoms with Crippen LogP contribution in [0.2, 0.25) is 10.2 Å². The molecule has 2 aromatic rings. The molecule has 0 aliphatic heterocycles. The van der Waals surface area contributed by atoms with Gasteiger partial charge in [-0.15, -0.1) is 0 Å². The number of nitrogens with one attached hydrogen (secondary N) is 1. The zero-order valence-electron chi connectivity index (χ0n) is 9.57. The predicted octanol–water partition coefficient (Wildman–Crippen LogP) is 4.09. The standard InChI is InChI=1S/C11H6BrCl2FN2O2S/c12-8-4-7(5-16-11(8)14)17-20(18,19)10-2-1-6(15)3-9(10)13/h1-5,17H. The fourth-order valence-corrected chi connectivity index (χ4v) is 3.40. The van der Waals surface area contributed by atoms with E-state index in [4.69, 9.17) is 23.2 Å². The first-order valence-corrected chi connectivity index (χ1v) is 8.12. The van der Waals surface area contributed by atoms with Gasteiger partial charge in [0.05, 0.1) is 21.4 Å². The van der Waals surface area contributed by atoms with Crippen molar-refractivity contribution >= 4 is 54.8 Å². The number of aromatic nitrogens is 1. The summed E-state index contributed by atoms with van der Waals surface area (Å²) in [7, 11) is -3.94. The second kappa shape index (κ2) is 5.85. The van der Waals surface area contributed by atoms with Crippen LogP contribution in [0.4, 0.5) is 10.1 Å². The number of anilines is 1. The van der Waals surface area contributed by atoms with E-state index in [2.05, 4.69) is 25.6 Å². The van der Waals surface area contributed by atoms with Gasteiger partial charge in [-0.1, -0.05) is 23.2 Å². The fraction of sp³-hybridized carbons (Fsp3) is 0. The molecule has 1 N–H and O–H groups in total. The predicted molar refractivity (Wildman–Crippen MR) is 79.2 cm³/mol. The third-order valence-electron chi connectivity index (χ3n) is 2.23. The van der Waals surface area contributed by atoms with Gasteiger partial charge in [-0.2, -0.15) is 0 Å².